The van der Waals surface area contributed by atoms with E-state index in [0.717, 1.165) is 75.8 Å². The summed E-state index contributed by atoms with van der Waals surface area (Å²) >= 11 is 7.22. The molecule has 5 heterocycles. The van der Waals surface area contributed by atoms with Gasteiger partial charge in [-0.2, -0.15) is 15.0 Å². The van der Waals surface area contributed by atoms with Crippen molar-refractivity contribution in [3.8, 4) is 11.3 Å². The Morgan fingerprint density at radius 1 is 0.689 bits per heavy atom. The van der Waals surface area contributed by atoms with Gasteiger partial charge in [0.1, 0.15) is 0 Å². The molecule has 3 aliphatic rings. The monoisotopic (exact) mass is 661 g/mol. The van der Waals surface area contributed by atoms with Gasteiger partial charge < -0.3 is 24.9 Å². The van der Waals surface area contributed by atoms with Crippen LogP contribution in [0.5, 0.6) is 0 Å². The molecule has 3 saturated heterocycles. The SMILES string of the molecule is O=S(=O)(c1ccccc1)c1cccc(-c2csc(NC(=S)N3CCN(c4nc(N5CCCC5)nc(N5CCCC5)n4)CC3)n2)c1. The summed E-state index contributed by atoms with van der Waals surface area (Å²) in [6, 6.07) is 15.4. The summed E-state index contributed by atoms with van der Waals surface area (Å²) < 4.78 is 26.3. The average molecular weight is 662 g/mol. The molecule has 0 unspecified atom stereocenters. The Balaban J connectivity index is 0.999. The molecule has 7 rings (SSSR count). The molecule has 234 valence electrons. The standard InChI is InChI=1S/C31H35N9O2S3/c41-45(42,24-10-2-1-3-11-24)25-12-8-9-23(21-25)26-22-44-30(32-26)36-31(43)40-19-17-39(18-20-40)29-34-27(37-13-4-5-14-37)33-28(35-29)38-15-6-7-16-38/h1-3,8-12,21-22H,4-7,13-20H2,(H,32,36,43). The van der Waals surface area contributed by atoms with Gasteiger partial charge in [0.05, 0.1) is 15.5 Å². The van der Waals surface area contributed by atoms with E-state index in [1.54, 1.807) is 48.5 Å². The number of rotatable bonds is 7. The zero-order valence-corrected chi connectivity index (χ0v) is 27.3. The van der Waals surface area contributed by atoms with Gasteiger partial charge in [-0.25, -0.2) is 13.4 Å². The predicted molar refractivity (Wildman–Crippen MR) is 182 cm³/mol. The van der Waals surface area contributed by atoms with Crippen LogP contribution in [-0.4, -0.2) is 90.7 Å². The van der Waals surface area contributed by atoms with E-state index in [0.29, 0.717) is 15.9 Å². The third kappa shape index (κ3) is 6.44. The maximum absolute atomic E-state index is 13.1. The van der Waals surface area contributed by atoms with E-state index in [1.165, 1.54) is 37.0 Å². The zero-order valence-electron chi connectivity index (χ0n) is 24.9. The van der Waals surface area contributed by atoms with Crippen molar-refractivity contribution < 1.29 is 8.42 Å². The number of anilines is 4. The second-order valence-electron chi connectivity index (χ2n) is 11.4. The first-order chi connectivity index (χ1) is 21.9. The van der Waals surface area contributed by atoms with Gasteiger partial charge in [-0.05, 0) is 62.2 Å². The first-order valence-corrected chi connectivity index (χ1v) is 18.1. The van der Waals surface area contributed by atoms with Gasteiger partial charge in [-0.1, -0.05) is 30.3 Å². The Bertz CT molecular complexity index is 1730. The molecule has 14 heteroatoms. The molecule has 0 bridgehead atoms. The van der Waals surface area contributed by atoms with E-state index in [2.05, 4.69) is 24.9 Å². The van der Waals surface area contributed by atoms with Crippen LogP contribution >= 0.6 is 23.6 Å². The van der Waals surface area contributed by atoms with Gasteiger partial charge in [-0.3, -0.25) is 0 Å². The molecule has 0 amide bonds. The van der Waals surface area contributed by atoms with Crippen LogP contribution in [0, 0.1) is 0 Å². The minimum absolute atomic E-state index is 0.236. The molecule has 3 fully saturated rings. The van der Waals surface area contributed by atoms with Crippen LogP contribution in [0.15, 0.2) is 69.8 Å². The quantitative estimate of drug-likeness (QED) is 0.281. The number of benzene rings is 2. The van der Waals surface area contributed by atoms with Crippen LogP contribution in [-0.2, 0) is 9.84 Å². The third-order valence-corrected chi connectivity index (χ3v) is 11.3. The molecule has 2 aromatic heterocycles. The van der Waals surface area contributed by atoms with Crippen LogP contribution in [0.3, 0.4) is 0 Å². The van der Waals surface area contributed by atoms with E-state index in [9.17, 15) is 8.42 Å². The number of thiazole rings is 1. The maximum Gasteiger partial charge on any atom is 0.232 e. The van der Waals surface area contributed by atoms with E-state index < -0.39 is 9.84 Å². The first-order valence-electron chi connectivity index (χ1n) is 15.4. The maximum atomic E-state index is 13.1. The number of sulfone groups is 1. The van der Waals surface area contributed by atoms with Crippen molar-refractivity contribution in [1.82, 2.24) is 24.8 Å². The topological polar surface area (TPSA) is 111 Å². The molecule has 0 radical (unpaired) electrons. The van der Waals surface area contributed by atoms with Crippen molar-refractivity contribution in [3.05, 3.63) is 60.0 Å². The number of nitrogens with one attached hydrogen (secondary N) is 1. The Hall–Kier alpha value is -3.88. The minimum atomic E-state index is -3.62. The summed E-state index contributed by atoms with van der Waals surface area (Å²) in [5, 5.41) is 6.48. The van der Waals surface area contributed by atoms with Crippen molar-refractivity contribution in [2.24, 2.45) is 0 Å². The summed E-state index contributed by atoms with van der Waals surface area (Å²) in [7, 11) is -3.62. The third-order valence-electron chi connectivity index (χ3n) is 8.44. The Labute approximate surface area is 272 Å². The Kier molecular flexibility index (Phi) is 8.51. The molecule has 1 N–H and O–H groups in total. The van der Waals surface area contributed by atoms with Crippen LogP contribution in [0.1, 0.15) is 25.7 Å². The highest BCUT2D eigenvalue weighted by Gasteiger charge is 2.26. The lowest BCUT2D eigenvalue weighted by Gasteiger charge is -2.36. The second-order valence-corrected chi connectivity index (χ2v) is 14.6. The second kappa shape index (κ2) is 12.9. The molecule has 3 aliphatic heterocycles. The molecular weight excluding hydrogens is 627 g/mol. The predicted octanol–water partition coefficient (Wildman–Crippen LogP) is 4.55. The van der Waals surface area contributed by atoms with Gasteiger partial charge in [0.2, 0.25) is 27.7 Å². The number of aromatic nitrogens is 4. The fraction of sp³-hybridized carbons (Fsp3) is 0.387. The van der Waals surface area contributed by atoms with Gasteiger partial charge in [0.15, 0.2) is 10.2 Å². The number of thiocarbonyl (C=S) groups is 1. The highest BCUT2D eigenvalue weighted by Crippen LogP contribution is 2.30. The molecule has 4 aromatic rings. The van der Waals surface area contributed by atoms with E-state index in [4.69, 9.17) is 32.2 Å². The lowest BCUT2D eigenvalue weighted by atomic mass is 10.2. The number of hydrogen-bond donors (Lipinski definition) is 1. The van der Waals surface area contributed by atoms with E-state index >= 15 is 0 Å². The Morgan fingerprint density at radius 3 is 1.84 bits per heavy atom. The summed E-state index contributed by atoms with van der Waals surface area (Å²) in [6.45, 7) is 6.93. The van der Waals surface area contributed by atoms with Crippen molar-refractivity contribution in [3.63, 3.8) is 0 Å². The highest BCUT2D eigenvalue weighted by molar-refractivity contribution is 7.91. The van der Waals surface area contributed by atoms with Gasteiger partial charge in [0.25, 0.3) is 0 Å². The number of piperazine rings is 1. The van der Waals surface area contributed by atoms with Gasteiger partial charge in [0, 0.05) is 63.3 Å². The average Bonchev–Trinajstić information content (AvgIpc) is 3.89. The summed E-state index contributed by atoms with van der Waals surface area (Å²) in [5.74, 6) is 2.33. The summed E-state index contributed by atoms with van der Waals surface area (Å²) in [5.41, 5.74) is 1.42. The minimum Gasteiger partial charge on any atom is -0.345 e. The number of hydrogen-bond acceptors (Lipinski definition) is 11. The summed E-state index contributed by atoms with van der Waals surface area (Å²) in [4.78, 5) is 28.8. The fourth-order valence-electron chi connectivity index (χ4n) is 5.90. The first kappa shape index (κ1) is 29.8. The normalized spacial score (nSPS) is 17.2. The van der Waals surface area contributed by atoms with E-state index in [1.807, 2.05) is 11.4 Å². The lowest BCUT2D eigenvalue weighted by Crippen LogP contribution is -2.50. The molecule has 0 aliphatic carbocycles. The van der Waals surface area contributed by atoms with Crippen molar-refractivity contribution in [1.29, 1.82) is 0 Å². The zero-order chi connectivity index (χ0) is 30.8. The molecule has 45 heavy (non-hydrogen) atoms. The van der Waals surface area contributed by atoms with Crippen LogP contribution in [0.25, 0.3) is 11.3 Å². The molecule has 2 aromatic carbocycles. The highest BCUT2D eigenvalue weighted by atomic mass is 32.2. The van der Waals surface area contributed by atoms with Crippen LogP contribution in [0.2, 0.25) is 0 Å². The van der Waals surface area contributed by atoms with E-state index in [-0.39, 0.29) is 9.79 Å². The van der Waals surface area contributed by atoms with Gasteiger partial charge >= 0.3 is 0 Å². The summed E-state index contributed by atoms with van der Waals surface area (Å²) in [6.07, 6.45) is 4.69. The Morgan fingerprint density at radius 2 is 1.24 bits per heavy atom. The molecule has 0 atom stereocenters. The largest absolute Gasteiger partial charge is 0.345 e. The fourth-order valence-corrected chi connectivity index (χ4v) is 8.29. The number of nitrogens with zero attached hydrogens (tertiary/aromatic N) is 8. The van der Waals surface area contributed by atoms with Crippen molar-refractivity contribution >= 4 is 61.5 Å². The van der Waals surface area contributed by atoms with Crippen LogP contribution in [0.4, 0.5) is 23.0 Å². The smallest absolute Gasteiger partial charge is 0.232 e. The molecule has 0 saturated carbocycles. The molecule has 0 spiro atoms. The van der Waals surface area contributed by atoms with Gasteiger partial charge in [-0.15, -0.1) is 11.3 Å². The molecule has 11 nitrogen and oxygen atoms in total. The van der Waals surface area contributed by atoms with Crippen LogP contribution < -0.4 is 20.0 Å². The molecular formula is C31H35N9O2S3. The van der Waals surface area contributed by atoms with Crippen molar-refractivity contribution in [2.45, 2.75) is 35.5 Å². The lowest BCUT2D eigenvalue weighted by molar-refractivity contribution is 0.388. The van der Waals surface area contributed by atoms with Crippen molar-refractivity contribution in [2.75, 3.05) is 72.4 Å².